The minimum Gasteiger partial charge on any atom is -0.497 e. The Bertz CT molecular complexity index is 1610. The van der Waals surface area contributed by atoms with Crippen molar-refractivity contribution >= 4 is 43.9 Å². The van der Waals surface area contributed by atoms with E-state index in [-0.39, 0.29) is 30.9 Å². The van der Waals surface area contributed by atoms with E-state index in [1.807, 2.05) is 6.92 Å². The Morgan fingerprint density at radius 1 is 1.22 bits per heavy atom. The maximum Gasteiger partial charge on any atom is 0.415 e. The number of rotatable bonds is 8. The average Bonchev–Trinajstić information content (AvgIpc) is 3.66. The summed E-state index contributed by atoms with van der Waals surface area (Å²) in [5.41, 5.74) is 0.350. The van der Waals surface area contributed by atoms with Crippen LogP contribution < -0.4 is 14.8 Å². The molecule has 4 heterocycles. The van der Waals surface area contributed by atoms with Crippen LogP contribution in [-0.2, 0) is 19.6 Å². The lowest BCUT2D eigenvalue weighted by molar-refractivity contribution is -0.138. The second kappa shape index (κ2) is 11.3. The smallest absolute Gasteiger partial charge is 0.415 e. The Morgan fingerprint density at radius 3 is 2.73 bits per heavy atom. The lowest BCUT2D eigenvalue weighted by Crippen LogP contribution is -2.53. The molecule has 2 aromatic heterocycles. The van der Waals surface area contributed by atoms with Crippen LogP contribution in [0.2, 0.25) is 0 Å². The molecule has 2 amide bonds. The number of carbonyl (C=O) groups is 4. The van der Waals surface area contributed by atoms with Gasteiger partial charge in [-0.3, -0.25) is 19.4 Å². The predicted octanol–water partition coefficient (Wildman–Crippen LogP) is 2.12. The number of hydrogen-bond donors (Lipinski definition) is 1. The number of amides is 2. The van der Waals surface area contributed by atoms with E-state index in [1.165, 1.54) is 36.4 Å². The monoisotopic (exact) mass is 584 g/mol. The quantitative estimate of drug-likeness (QED) is 0.414. The minimum atomic E-state index is -4.54. The van der Waals surface area contributed by atoms with Crippen LogP contribution in [0.3, 0.4) is 0 Å². The molecule has 3 atom stereocenters. The van der Waals surface area contributed by atoms with Crippen molar-refractivity contribution in [2.75, 3.05) is 20.2 Å². The minimum absolute atomic E-state index is 0.0787. The second-order valence-electron chi connectivity index (χ2n) is 9.72. The summed E-state index contributed by atoms with van der Waals surface area (Å²) in [6.07, 6.45) is 2.55. The summed E-state index contributed by atoms with van der Waals surface area (Å²) in [4.78, 5) is 57.1. The maximum absolute atomic E-state index is 13.6. The molecule has 13 nitrogen and oxygen atoms in total. The van der Waals surface area contributed by atoms with Crippen LogP contribution in [0.15, 0.2) is 53.2 Å². The summed E-state index contributed by atoms with van der Waals surface area (Å²) in [5, 5.41) is 2.03. The van der Waals surface area contributed by atoms with E-state index < -0.39 is 57.6 Å². The largest absolute Gasteiger partial charge is 0.497 e. The Kier molecular flexibility index (Phi) is 7.78. The highest BCUT2D eigenvalue weighted by molar-refractivity contribution is 8.04. The van der Waals surface area contributed by atoms with Crippen LogP contribution in [-0.4, -0.2) is 83.8 Å². The summed E-state index contributed by atoms with van der Waals surface area (Å²) in [6.45, 7) is 1.37. The van der Waals surface area contributed by atoms with Crippen LogP contribution in [0.1, 0.15) is 36.5 Å². The zero-order valence-corrected chi connectivity index (χ0v) is 23.1. The molecule has 2 fully saturated rings. The Morgan fingerprint density at radius 2 is 2.02 bits per heavy atom. The SMILES string of the molecule is CCCC(NC(=O)Oc1cc2cc(OC)ccc2o1)C(=O)N1CCC2C1C(=O)CN2S(=O)(=O)C(=O)c1cccnc1. The van der Waals surface area contributed by atoms with E-state index in [0.717, 1.165) is 10.5 Å². The number of hydrogen-bond acceptors (Lipinski definition) is 10. The van der Waals surface area contributed by atoms with Gasteiger partial charge in [0.1, 0.15) is 23.4 Å². The topological polar surface area (TPSA) is 165 Å². The molecule has 0 bridgehead atoms. The number of sulfonamides is 1. The first kappa shape index (κ1) is 28.2. The van der Waals surface area contributed by atoms with E-state index in [1.54, 1.807) is 18.2 Å². The highest BCUT2D eigenvalue weighted by atomic mass is 32.2. The van der Waals surface area contributed by atoms with Gasteiger partial charge in [0.2, 0.25) is 5.91 Å². The number of fused-ring (bicyclic) bond motifs is 2. The van der Waals surface area contributed by atoms with Gasteiger partial charge in [0.05, 0.1) is 25.3 Å². The van der Waals surface area contributed by atoms with Gasteiger partial charge in [0, 0.05) is 30.4 Å². The molecule has 0 spiro atoms. The van der Waals surface area contributed by atoms with Crippen molar-refractivity contribution in [3.63, 3.8) is 0 Å². The summed E-state index contributed by atoms with van der Waals surface area (Å²) in [6, 6.07) is 6.36. The Balaban J connectivity index is 1.28. The highest BCUT2D eigenvalue weighted by Crippen LogP contribution is 2.33. The number of ether oxygens (including phenoxy) is 2. The van der Waals surface area contributed by atoms with Crippen molar-refractivity contribution in [3.05, 3.63) is 54.4 Å². The number of pyridine rings is 1. The molecule has 0 aliphatic carbocycles. The number of aromatic nitrogens is 1. The Hall–Kier alpha value is -4.30. The van der Waals surface area contributed by atoms with E-state index in [0.29, 0.717) is 23.1 Å². The summed E-state index contributed by atoms with van der Waals surface area (Å²) < 4.78 is 43.2. The van der Waals surface area contributed by atoms with Crippen LogP contribution in [0.4, 0.5) is 4.79 Å². The molecule has 41 heavy (non-hydrogen) atoms. The third kappa shape index (κ3) is 5.39. The fourth-order valence-electron chi connectivity index (χ4n) is 5.26. The molecule has 1 N–H and O–H groups in total. The van der Waals surface area contributed by atoms with Crippen molar-refractivity contribution in [2.24, 2.45) is 0 Å². The fourth-order valence-corrected chi connectivity index (χ4v) is 6.77. The lowest BCUT2D eigenvalue weighted by atomic mass is 10.1. The molecule has 216 valence electrons. The van der Waals surface area contributed by atoms with E-state index in [4.69, 9.17) is 13.9 Å². The number of nitrogens with zero attached hydrogens (tertiary/aromatic N) is 3. The van der Waals surface area contributed by atoms with Crippen molar-refractivity contribution in [1.82, 2.24) is 19.5 Å². The molecule has 3 aromatic rings. The van der Waals surface area contributed by atoms with Gasteiger partial charge in [-0.25, -0.2) is 13.2 Å². The molecule has 5 rings (SSSR count). The normalized spacial score (nSPS) is 19.7. The number of carbonyl (C=O) groups excluding carboxylic acids is 4. The lowest BCUT2D eigenvalue weighted by Gasteiger charge is -2.27. The van der Waals surface area contributed by atoms with E-state index >= 15 is 0 Å². The van der Waals surface area contributed by atoms with Gasteiger partial charge in [-0.2, -0.15) is 4.31 Å². The summed E-state index contributed by atoms with van der Waals surface area (Å²) in [5.74, 6) is -0.531. The van der Waals surface area contributed by atoms with E-state index in [9.17, 15) is 27.6 Å². The number of furan rings is 1. The number of likely N-dealkylation sites (tertiary alicyclic amines) is 1. The number of Topliss-reactive ketones (excluding diaryl/α,β-unsaturated/α-hetero) is 1. The van der Waals surface area contributed by atoms with Gasteiger partial charge in [-0.1, -0.05) is 13.3 Å². The van der Waals surface area contributed by atoms with Crippen molar-refractivity contribution in [2.45, 2.75) is 44.3 Å². The standard InChI is InChI=1S/C27H28N4O9S/c1-3-5-19(29-27(35)40-23-13-17-12-18(38-2)7-8-22(17)39-23)25(33)30-11-9-20-24(30)21(32)15-31(20)41(36,37)26(34)16-6-4-10-28-14-16/h4,6-8,10,12-14,19-20,24H,3,5,9,11,15H2,1-2H3,(H,29,35). The molecule has 14 heteroatoms. The highest BCUT2D eigenvalue weighted by Gasteiger charge is 2.55. The predicted molar refractivity (Wildman–Crippen MR) is 144 cm³/mol. The van der Waals surface area contributed by atoms with Crippen LogP contribution in [0, 0.1) is 0 Å². The molecular formula is C27H28N4O9S. The molecule has 0 radical (unpaired) electrons. The van der Waals surface area contributed by atoms with Crippen molar-refractivity contribution in [1.29, 1.82) is 0 Å². The third-order valence-corrected chi connectivity index (χ3v) is 8.88. The molecule has 1 aromatic carbocycles. The average molecular weight is 585 g/mol. The second-order valence-corrected chi connectivity index (χ2v) is 11.5. The number of benzene rings is 1. The summed E-state index contributed by atoms with van der Waals surface area (Å²) in [7, 11) is -3.02. The van der Waals surface area contributed by atoms with Crippen molar-refractivity contribution in [3.8, 4) is 11.7 Å². The Labute approximate surface area is 235 Å². The van der Waals surface area contributed by atoms with Gasteiger partial charge in [-0.05, 0) is 43.2 Å². The van der Waals surface area contributed by atoms with Crippen LogP contribution >= 0.6 is 0 Å². The van der Waals surface area contributed by atoms with Gasteiger partial charge in [0.25, 0.3) is 21.1 Å². The van der Waals surface area contributed by atoms with Gasteiger partial charge >= 0.3 is 6.09 Å². The number of ketones is 1. The van der Waals surface area contributed by atoms with Crippen molar-refractivity contribution < 1.29 is 41.5 Å². The van der Waals surface area contributed by atoms with Gasteiger partial charge in [0.15, 0.2) is 5.78 Å². The first-order chi connectivity index (χ1) is 19.6. The molecule has 2 aliphatic heterocycles. The van der Waals surface area contributed by atoms with Gasteiger partial charge < -0.3 is 24.1 Å². The maximum atomic E-state index is 13.6. The third-order valence-electron chi connectivity index (χ3n) is 7.16. The van der Waals surface area contributed by atoms with E-state index in [2.05, 4.69) is 10.3 Å². The summed E-state index contributed by atoms with van der Waals surface area (Å²) >= 11 is 0. The first-order valence-corrected chi connectivity index (χ1v) is 14.4. The first-order valence-electron chi connectivity index (χ1n) is 13.0. The van der Waals surface area contributed by atoms with Gasteiger partial charge in [-0.15, -0.1) is 0 Å². The zero-order valence-electron chi connectivity index (χ0n) is 22.3. The zero-order chi connectivity index (χ0) is 29.3. The van der Waals surface area contributed by atoms with Crippen LogP contribution in [0.5, 0.6) is 11.7 Å². The number of methoxy groups -OCH3 is 1. The molecule has 2 aliphatic rings. The fraction of sp³-hybridized carbons (Fsp3) is 0.370. The molecular weight excluding hydrogens is 556 g/mol. The van der Waals surface area contributed by atoms with Crippen LogP contribution in [0.25, 0.3) is 11.0 Å². The molecule has 2 saturated heterocycles. The molecule has 3 unspecified atom stereocenters. The number of nitrogens with one attached hydrogen (secondary N) is 1. The molecule has 0 saturated carbocycles.